The fourth-order valence-electron chi connectivity index (χ4n) is 2.08. The van der Waals surface area contributed by atoms with Crippen molar-refractivity contribution in [3.8, 4) is 0 Å². The minimum absolute atomic E-state index is 0.0831. The van der Waals surface area contributed by atoms with Crippen molar-refractivity contribution >= 4 is 0 Å². The molecule has 0 aromatic heterocycles. The summed E-state index contributed by atoms with van der Waals surface area (Å²) in [5.41, 5.74) is 5.89. The maximum atomic E-state index is 5.89. The average Bonchev–Trinajstić information content (AvgIpc) is 2.76. The summed E-state index contributed by atoms with van der Waals surface area (Å²) in [5, 5.41) is 3.33. The molecule has 3 N–H and O–H groups in total. The van der Waals surface area contributed by atoms with Crippen LogP contribution in [0.5, 0.6) is 0 Å². The second kappa shape index (κ2) is 8.18. The Hall–Kier alpha value is -0.960. The maximum Gasteiger partial charge on any atom is 0.0998 e. The summed E-state index contributed by atoms with van der Waals surface area (Å²) in [5.74, 6) is 0. The first-order chi connectivity index (χ1) is 8.25. The zero-order valence-corrected chi connectivity index (χ0v) is 11.2. The molecule has 0 aromatic carbocycles. The fraction of sp³-hybridized carbons (Fsp3) is 0.714. The topological polar surface area (TPSA) is 41.3 Å². The lowest BCUT2D eigenvalue weighted by molar-refractivity contribution is 0.213. The lowest BCUT2D eigenvalue weighted by atomic mass is 10.1. The molecule has 0 aromatic rings. The van der Waals surface area contributed by atoms with Crippen molar-refractivity contribution < 1.29 is 0 Å². The first-order valence-electron chi connectivity index (χ1n) is 6.86. The molecule has 1 rings (SSSR count). The van der Waals surface area contributed by atoms with E-state index in [0.29, 0.717) is 6.17 Å². The van der Waals surface area contributed by atoms with Crippen molar-refractivity contribution in [1.82, 2.24) is 10.2 Å². The van der Waals surface area contributed by atoms with Gasteiger partial charge in [-0.2, -0.15) is 0 Å². The number of nitrogens with two attached hydrogens (primary N) is 1. The average molecular weight is 237 g/mol. The lowest BCUT2D eigenvalue weighted by Crippen LogP contribution is -2.44. The molecule has 0 saturated heterocycles. The van der Waals surface area contributed by atoms with Crippen molar-refractivity contribution in [2.75, 3.05) is 0 Å². The van der Waals surface area contributed by atoms with Crippen LogP contribution >= 0.6 is 0 Å². The molecule has 2 atom stereocenters. The van der Waals surface area contributed by atoms with E-state index in [-0.39, 0.29) is 6.17 Å². The zero-order chi connectivity index (χ0) is 12.5. The Kier molecular flexibility index (Phi) is 6.78. The minimum atomic E-state index is 0.0831. The molecule has 3 heteroatoms. The smallest absolute Gasteiger partial charge is 0.0998 e. The van der Waals surface area contributed by atoms with Crippen LogP contribution in [0.15, 0.2) is 24.6 Å². The Morgan fingerprint density at radius 3 is 2.82 bits per heavy atom. The highest BCUT2D eigenvalue weighted by Crippen LogP contribution is 2.12. The number of hydrogen-bond acceptors (Lipinski definition) is 3. The van der Waals surface area contributed by atoms with E-state index in [1.165, 1.54) is 25.7 Å². The highest BCUT2D eigenvalue weighted by Gasteiger charge is 2.19. The standard InChI is InChI=1S/C14H27N3/c1-3-4-5-6-7-8-9-10-14-16-11-12-17(14)13(2)15/h7-8,11-14,16H,3-6,9-10,15H2,1-2H3/b8-7+. The first-order valence-corrected chi connectivity index (χ1v) is 6.86. The maximum absolute atomic E-state index is 5.89. The minimum Gasteiger partial charge on any atom is -0.370 e. The molecule has 0 aliphatic carbocycles. The van der Waals surface area contributed by atoms with Gasteiger partial charge >= 0.3 is 0 Å². The third kappa shape index (κ3) is 5.26. The molecule has 0 amide bonds. The van der Waals surface area contributed by atoms with Crippen molar-refractivity contribution in [2.45, 2.75) is 64.7 Å². The van der Waals surface area contributed by atoms with E-state index in [1.54, 1.807) is 0 Å². The number of allylic oxidation sites excluding steroid dienone is 2. The van der Waals surface area contributed by atoms with Crippen LogP contribution in [0.1, 0.15) is 52.4 Å². The lowest BCUT2D eigenvalue weighted by Gasteiger charge is -2.28. The molecule has 17 heavy (non-hydrogen) atoms. The zero-order valence-electron chi connectivity index (χ0n) is 11.2. The van der Waals surface area contributed by atoms with E-state index >= 15 is 0 Å². The van der Waals surface area contributed by atoms with E-state index in [4.69, 9.17) is 5.73 Å². The fourth-order valence-corrected chi connectivity index (χ4v) is 2.08. The molecule has 1 aliphatic rings. The number of hydrogen-bond donors (Lipinski definition) is 2. The Morgan fingerprint density at radius 1 is 1.35 bits per heavy atom. The molecule has 98 valence electrons. The molecule has 0 fully saturated rings. The van der Waals surface area contributed by atoms with E-state index in [2.05, 4.69) is 29.3 Å². The molecule has 3 nitrogen and oxygen atoms in total. The quantitative estimate of drug-likeness (QED) is 0.504. The molecular weight excluding hydrogens is 210 g/mol. The predicted molar refractivity (Wildman–Crippen MR) is 74.1 cm³/mol. The highest BCUT2D eigenvalue weighted by molar-refractivity contribution is 4.96. The third-order valence-electron chi connectivity index (χ3n) is 3.11. The van der Waals surface area contributed by atoms with Crippen LogP contribution in [0.4, 0.5) is 0 Å². The summed E-state index contributed by atoms with van der Waals surface area (Å²) in [6, 6.07) is 0. The molecule has 1 aliphatic heterocycles. The molecule has 2 unspecified atom stereocenters. The van der Waals surface area contributed by atoms with E-state index in [0.717, 1.165) is 12.8 Å². The van der Waals surface area contributed by atoms with Gasteiger partial charge in [0.25, 0.3) is 0 Å². The van der Waals surface area contributed by atoms with Crippen LogP contribution in [0.2, 0.25) is 0 Å². The van der Waals surface area contributed by atoms with Gasteiger partial charge in [-0.15, -0.1) is 0 Å². The van der Waals surface area contributed by atoms with Gasteiger partial charge in [0.1, 0.15) is 0 Å². The number of nitrogens with zero attached hydrogens (tertiary/aromatic N) is 1. The van der Waals surface area contributed by atoms with Gasteiger partial charge in [-0.1, -0.05) is 31.9 Å². The largest absolute Gasteiger partial charge is 0.370 e. The Bertz CT molecular complexity index is 246. The van der Waals surface area contributed by atoms with Crippen LogP contribution in [-0.2, 0) is 0 Å². The number of unbranched alkanes of at least 4 members (excludes halogenated alkanes) is 3. The van der Waals surface area contributed by atoms with Gasteiger partial charge in [-0.3, -0.25) is 0 Å². The molecular formula is C14H27N3. The summed E-state index contributed by atoms with van der Waals surface area (Å²) in [6.07, 6.45) is 16.5. The second-order valence-electron chi connectivity index (χ2n) is 4.73. The molecule has 0 saturated carbocycles. The SMILES string of the molecule is CCCCC/C=C/CCC1NC=CN1C(C)N. The Morgan fingerprint density at radius 2 is 2.12 bits per heavy atom. The molecule has 0 radical (unpaired) electrons. The van der Waals surface area contributed by atoms with Crippen molar-refractivity contribution in [2.24, 2.45) is 5.73 Å². The monoisotopic (exact) mass is 237 g/mol. The molecule has 0 spiro atoms. The summed E-state index contributed by atoms with van der Waals surface area (Å²) >= 11 is 0. The van der Waals surface area contributed by atoms with Gasteiger partial charge in [0.05, 0.1) is 12.3 Å². The van der Waals surface area contributed by atoms with Gasteiger partial charge in [0.2, 0.25) is 0 Å². The first kappa shape index (κ1) is 14.1. The van der Waals surface area contributed by atoms with Crippen LogP contribution in [0.3, 0.4) is 0 Å². The Labute approximate surface area is 106 Å². The van der Waals surface area contributed by atoms with Gasteiger partial charge < -0.3 is 16.0 Å². The van der Waals surface area contributed by atoms with Crippen molar-refractivity contribution in [3.63, 3.8) is 0 Å². The van der Waals surface area contributed by atoms with Gasteiger partial charge in [-0.25, -0.2) is 0 Å². The van der Waals surface area contributed by atoms with Gasteiger partial charge in [-0.05, 0) is 32.6 Å². The summed E-state index contributed by atoms with van der Waals surface area (Å²) in [7, 11) is 0. The van der Waals surface area contributed by atoms with E-state index in [9.17, 15) is 0 Å². The summed E-state index contributed by atoms with van der Waals surface area (Å²) in [6.45, 7) is 4.26. The normalized spacial score (nSPS) is 21.1. The van der Waals surface area contributed by atoms with Crippen molar-refractivity contribution in [1.29, 1.82) is 0 Å². The summed E-state index contributed by atoms with van der Waals surface area (Å²) in [4.78, 5) is 2.17. The van der Waals surface area contributed by atoms with E-state index in [1.807, 2.05) is 19.3 Å². The highest BCUT2D eigenvalue weighted by atomic mass is 15.3. The predicted octanol–water partition coefficient (Wildman–Crippen LogP) is 2.91. The van der Waals surface area contributed by atoms with Crippen molar-refractivity contribution in [3.05, 3.63) is 24.6 Å². The summed E-state index contributed by atoms with van der Waals surface area (Å²) < 4.78 is 0. The van der Waals surface area contributed by atoms with Crippen LogP contribution in [0.25, 0.3) is 0 Å². The van der Waals surface area contributed by atoms with E-state index < -0.39 is 0 Å². The van der Waals surface area contributed by atoms with Gasteiger partial charge in [0, 0.05) is 12.4 Å². The molecule has 1 heterocycles. The molecule has 0 bridgehead atoms. The second-order valence-corrected chi connectivity index (χ2v) is 4.73. The van der Waals surface area contributed by atoms with Crippen LogP contribution in [-0.4, -0.2) is 17.2 Å². The third-order valence-corrected chi connectivity index (χ3v) is 3.11. The Balaban J connectivity index is 2.10. The van der Waals surface area contributed by atoms with Crippen LogP contribution in [0, 0.1) is 0 Å². The number of nitrogens with one attached hydrogen (secondary N) is 1. The van der Waals surface area contributed by atoms with Gasteiger partial charge in [0.15, 0.2) is 0 Å². The van der Waals surface area contributed by atoms with Crippen LogP contribution < -0.4 is 11.1 Å². The number of rotatable bonds is 8.